The Labute approximate surface area is 83.8 Å². The molecule has 0 unspecified atom stereocenters. The number of thiol groups is 1. The largest absolute Gasteiger partial charge is 0.379 e. The number of rotatable bonds is 3. The Kier molecular flexibility index (Phi) is 4.23. The summed E-state index contributed by atoms with van der Waals surface area (Å²) in [6.07, 6.45) is 0. The first-order valence-corrected chi connectivity index (χ1v) is 6.14. The molecule has 1 fully saturated rings. The van der Waals surface area contributed by atoms with E-state index in [9.17, 15) is 0 Å². The van der Waals surface area contributed by atoms with E-state index in [-0.39, 0.29) is 4.75 Å². The van der Waals surface area contributed by atoms with Gasteiger partial charge in [-0.1, -0.05) is 10.8 Å². The quantitative estimate of drug-likeness (QED) is 0.559. The van der Waals surface area contributed by atoms with Gasteiger partial charge in [0.2, 0.25) is 0 Å². The van der Waals surface area contributed by atoms with Gasteiger partial charge in [-0.3, -0.25) is 4.90 Å². The summed E-state index contributed by atoms with van der Waals surface area (Å²) in [5.74, 6) is 0. The lowest BCUT2D eigenvalue weighted by molar-refractivity contribution is 0.0350. The molecule has 1 rings (SSSR count). The first-order valence-electron chi connectivity index (χ1n) is 4.27. The zero-order chi connectivity index (χ0) is 9.03. The first kappa shape index (κ1) is 10.7. The third kappa shape index (κ3) is 3.56. The number of hydrogen-bond acceptors (Lipinski definition) is 4. The molecule has 2 nitrogen and oxygen atoms in total. The molecule has 0 aromatic carbocycles. The Morgan fingerprint density at radius 2 is 2.00 bits per heavy atom. The second-order valence-electron chi connectivity index (χ2n) is 3.74. The second kappa shape index (κ2) is 4.74. The number of hydrogen-bond donors (Lipinski definition) is 1. The minimum Gasteiger partial charge on any atom is -0.379 e. The fourth-order valence-corrected chi connectivity index (χ4v) is 1.74. The normalized spacial score (nSPS) is 21.2. The minimum absolute atomic E-state index is 0.250. The zero-order valence-corrected chi connectivity index (χ0v) is 9.46. The molecule has 0 spiro atoms. The number of morpholine rings is 1. The van der Waals surface area contributed by atoms with Crippen LogP contribution in [-0.4, -0.2) is 42.5 Å². The molecule has 0 amide bonds. The van der Waals surface area contributed by atoms with Crippen LogP contribution in [0.5, 0.6) is 0 Å². The molecule has 0 atom stereocenters. The van der Waals surface area contributed by atoms with Gasteiger partial charge in [-0.2, -0.15) is 0 Å². The van der Waals surface area contributed by atoms with Crippen LogP contribution in [0.15, 0.2) is 0 Å². The van der Waals surface area contributed by atoms with E-state index in [4.69, 9.17) is 4.74 Å². The fraction of sp³-hybridized carbons (Fsp3) is 1.00. The van der Waals surface area contributed by atoms with Crippen LogP contribution >= 0.6 is 22.5 Å². The summed E-state index contributed by atoms with van der Waals surface area (Å²) in [7, 11) is 1.63. The molecular formula is C8H17NOS2. The molecule has 0 radical (unpaired) electrons. The van der Waals surface area contributed by atoms with Crippen LogP contribution in [0.3, 0.4) is 0 Å². The summed E-state index contributed by atoms with van der Waals surface area (Å²) < 4.78 is 5.53. The van der Waals surface area contributed by atoms with Crippen molar-refractivity contribution in [1.29, 1.82) is 0 Å². The van der Waals surface area contributed by atoms with E-state index >= 15 is 0 Å². The summed E-state index contributed by atoms with van der Waals surface area (Å²) >= 11 is 4.26. The van der Waals surface area contributed by atoms with Gasteiger partial charge in [0.25, 0.3) is 0 Å². The predicted octanol–water partition coefficient (Wildman–Crippen LogP) is 1.68. The van der Waals surface area contributed by atoms with Crippen molar-refractivity contribution in [3.8, 4) is 0 Å². The maximum atomic E-state index is 5.28. The molecule has 1 heterocycles. The Morgan fingerprint density at radius 3 is 2.50 bits per heavy atom. The zero-order valence-electron chi connectivity index (χ0n) is 7.75. The van der Waals surface area contributed by atoms with Crippen molar-refractivity contribution in [2.45, 2.75) is 18.6 Å². The van der Waals surface area contributed by atoms with Crippen LogP contribution < -0.4 is 0 Å². The number of ether oxygens (including phenoxy) is 1. The van der Waals surface area contributed by atoms with Gasteiger partial charge in [0.1, 0.15) is 0 Å². The van der Waals surface area contributed by atoms with Gasteiger partial charge in [-0.25, -0.2) is 0 Å². The van der Waals surface area contributed by atoms with Gasteiger partial charge in [0, 0.05) is 24.4 Å². The van der Waals surface area contributed by atoms with Crippen molar-refractivity contribution in [2.24, 2.45) is 0 Å². The van der Waals surface area contributed by atoms with Crippen LogP contribution in [0.2, 0.25) is 0 Å². The van der Waals surface area contributed by atoms with Crippen molar-refractivity contribution in [1.82, 2.24) is 4.90 Å². The van der Waals surface area contributed by atoms with Gasteiger partial charge in [0.15, 0.2) is 0 Å². The molecule has 0 N–H and O–H groups in total. The van der Waals surface area contributed by atoms with Crippen molar-refractivity contribution in [3.05, 3.63) is 0 Å². The predicted molar refractivity (Wildman–Crippen MR) is 57.9 cm³/mol. The van der Waals surface area contributed by atoms with Crippen LogP contribution in [0.4, 0.5) is 0 Å². The molecule has 72 valence electrons. The Balaban J connectivity index is 2.28. The summed E-state index contributed by atoms with van der Waals surface area (Å²) in [5, 5.41) is 0. The average Bonchev–Trinajstić information content (AvgIpc) is 2.06. The fourth-order valence-electron chi connectivity index (χ4n) is 1.33. The Morgan fingerprint density at radius 1 is 1.42 bits per heavy atom. The number of nitrogens with zero attached hydrogens (tertiary/aromatic N) is 1. The summed E-state index contributed by atoms with van der Waals surface area (Å²) in [6.45, 7) is 9.45. The van der Waals surface area contributed by atoms with Crippen LogP contribution in [-0.2, 0) is 4.74 Å². The third-order valence-electron chi connectivity index (χ3n) is 1.96. The summed E-state index contributed by atoms with van der Waals surface area (Å²) in [5.41, 5.74) is 0. The SMILES string of the molecule is CC(C)(CN1CCOCC1)SS. The van der Waals surface area contributed by atoms with Crippen LogP contribution in [0.25, 0.3) is 0 Å². The highest BCUT2D eigenvalue weighted by molar-refractivity contribution is 8.69. The van der Waals surface area contributed by atoms with Gasteiger partial charge in [-0.05, 0) is 13.8 Å². The molecule has 12 heavy (non-hydrogen) atoms. The summed E-state index contributed by atoms with van der Waals surface area (Å²) in [6, 6.07) is 0. The van der Waals surface area contributed by atoms with E-state index in [1.54, 1.807) is 10.8 Å². The smallest absolute Gasteiger partial charge is 0.0594 e. The average molecular weight is 207 g/mol. The molecule has 4 heteroatoms. The standard InChI is InChI=1S/C8H17NOS2/c1-8(2,12-11)7-9-3-5-10-6-4-9/h11H,3-7H2,1-2H3. The lowest BCUT2D eigenvalue weighted by Crippen LogP contribution is -2.43. The molecule has 0 aromatic rings. The van der Waals surface area contributed by atoms with E-state index < -0.39 is 0 Å². The monoisotopic (exact) mass is 207 g/mol. The maximum absolute atomic E-state index is 5.28. The van der Waals surface area contributed by atoms with Crippen molar-refractivity contribution >= 4 is 22.5 Å². The van der Waals surface area contributed by atoms with Gasteiger partial charge < -0.3 is 4.74 Å². The maximum Gasteiger partial charge on any atom is 0.0594 e. The topological polar surface area (TPSA) is 12.5 Å². The minimum atomic E-state index is 0.250. The lowest BCUT2D eigenvalue weighted by Gasteiger charge is -2.33. The van der Waals surface area contributed by atoms with Crippen molar-refractivity contribution in [2.75, 3.05) is 32.8 Å². The molecule has 1 aliphatic rings. The lowest BCUT2D eigenvalue weighted by atomic mass is 10.2. The Bertz CT molecular complexity index is 135. The molecule has 1 aliphatic heterocycles. The van der Waals surface area contributed by atoms with Gasteiger partial charge in [-0.15, -0.1) is 11.7 Å². The van der Waals surface area contributed by atoms with E-state index in [1.807, 2.05) is 0 Å². The molecule has 1 saturated heterocycles. The first-order chi connectivity index (χ1) is 5.64. The Hall–Kier alpha value is 0.620. The van der Waals surface area contributed by atoms with Gasteiger partial charge >= 0.3 is 0 Å². The summed E-state index contributed by atoms with van der Waals surface area (Å²) in [4.78, 5) is 2.44. The van der Waals surface area contributed by atoms with Crippen molar-refractivity contribution < 1.29 is 4.74 Å². The third-order valence-corrected chi connectivity index (χ3v) is 4.06. The highest BCUT2D eigenvalue weighted by Gasteiger charge is 2.22. The van der Waals surface area contributed by atoms with E-state index in [0.717, 1.165) is 32.8 Å². The highest BCUT2D eigenvalue weighted by Crippen LogP contribution is 2.28. The molecule has 0 aliphatic carbocycles. The molecular weight excluding hydrogens is 190 g/mol. The van der Waals surface area contributed by atoms with Gasteiger partial charge in [0.05, 0.1) is 13.2 Å². The van der Waals surface area contributed by atoms with Crippen LogP contribution in [0, 0.1) is 0 Å². The molecule has 0 saturated carbocycles. The van der Waals surface area contributed by atoms with E-state index in [0.29, 0.717) is 0 Å². The van der Waals surface area contributed by atoms with E-state index in [1.165, 1.54) is 0 Å². The van der Waals surface area contributed by atoms with E-state index in [2.05, 4.69) is 30.4 Å². The van der Waals surface area contributed by atoms with Crippen molar-refractivity contribution in [3.63, 3.8) is 0 Å². The van der Waals surface area contributed by atoms with Crippen LogP contribution in [0.1, 0.15) is 13.8 Å². The second-order valence-corrected chi connectivity index (χ2v) is 5.57. The molecule has 0 bridgehead atoms. The highest BCUT2D eigenvalue weighted by atomic mass is 33.1. The molecule has 0 aromatic heterocycles.